The second kappa shape index (κ2) is 6.51. The lowest BCUT2D eigenvalue weighted by Gasteiger charge is -2.34. The summed E-state index contributed by atoms with van der Waals surface area (Å²) in [5.74, 6) is 0.351. The Morgan fingerprint density at radius 1 is 1.50 bits per heavy atom. The van der Waals surface area contributed by atoms with E-state index in [0.29, 0.717) is 17.2 Å². The molecule has 1 saturated carbocycles. The van der Waals surface area contributed by atoms with Crippen LogP contribution < -0.4 is 5.32 Å². The van der Waals surface area contributed by atoms with E-state index in [-0.39, 0.29) is 18.6 Å². The van der Waals surface area contributed by atoms with Gasteiger partial charge in [-0.1, -0.05) is 12.1 Å². The van der Waals surface area contributed by atoms with Crippen LogP contribution in [0.3, 0.4) is 0 Å². The fraction of sp³-hybridized carbons (Fsp3) is 0.467. The van der Waals surface area contributed by atoms with Gasteiger partial charge in [-0.15, -0.1) is 0 Å². The second-order valence-electron chi connectivity index (χ2n) is 5.39. The molecule has 5 heteroatoms. The van der Waals surface area contributed by atoms with Crippen LogP contribution in [0.4, 0.5) is 5.69 Å². The van der Waals surface area contributed by atoms with Crippen LogP contribution in [0.1, 0.15) is 18.4 Å². The van der Waals surface area contributed by atoms with Crippen LogP contribution in [-0.4, -0.2) is 42.2 Å². The molecule has 0 aromatic heterocycles. The van der Waals surface area contributed by atoms with Crippen LogP contribution in [0.25, 0.3) is 0 Å². The van der Waals surface area contributed by atoms with Crippen molar-refractivity contribution in [1.29, 1.82) is 5.26 Å². The smallest absolute Gasteiger partial charge is 0.238 e. The molecular formula is C15H19N3O2. The summed E-state index contributed by atoms with van der Waals surface area (Å²) in [5.41, 5.74) is 1.01. The molecular weight excluding hydrogens is 254 g/mol. The van der Waals surface area contributed by atoms with E-state index in [2.05, 4.69) is 11.4 Å². The lowest BCUT2D eigenvalue weighted by atomic mass is 9.82. The number of carbonyl (C=O) groups excluding carboxylic acids is 1. The molecule has 0 atom stereocenters. The van der Waals surface area contributed by atoms with E-state index in [9.17, 15) is 9.90 Å². The van der Waals surface area contributed by atoms with Crippen LogP contribution in [-0.2, 0) is 4.79 Å². The Labute approximate surface area is 118 Å². The highest BCUT2D eigenvalue weighted by Crippen LogP contribution is 2.27. The summed E-state index contributed by atoms with van der Waals surface area (Å²) >= 11 is 0. The van der Waals surface area contributed by atoms with Crippen molar-refractivity contribution in [3.8, 4) is 6.07 Å². The third-order valence-electron chi connectivity index (χ3n) is 3.52. The molecule has 1 aromatic rings. The molecule has 0 radical (unpaired) electrons. The summed E-state index contributed by atoms with van der Waals surface area (Å²) in [6.07, 6.45) is 1.48. The molecule has 2 rings (SSSR count). The van der Waals surface area contributed by atoms with E-state index in [1.165, 1.54) is 0 Å². The van der Waals surface area contributed by atoms with Crippen LogP contribution in [0, 0.1) is 17.2 Å². The maximum absolute atomic E-state index is 11.9. The maximum atomic E-state index is 11.9. The van der Waals surface area contributed by atoms with Gasteiger partial charge >= 0.3 is 0 Å². The van der Waals surface area contributed by atoms with Crippen molar-refractivity contribution >= 4 is 11.6 Å². The lowest BCUT2D eigenvalue weighted by Crippen LogP contribution is -2.40. The molecule has 0 unspecified atom stereocenters. The predicted molar refractivity (Wildman–Crippen MR) is 76.0 cm³/mol. The third kappa shape index (κ3) is 3.80. The summed E-state index contributed by atoms with van der Waals surface area (Å²) in [5, 5.41) is 21.0. The fourth-order valence-electron chi connectivity index (χ4n) is 2.48. The molecule has 1 amide bonds. The van der Waals surface area contributed by atoms with Crippen LogP contribution in [0.15, 0.2) is 24.3 Å². The van der Waals surface area contributed by atoms with Gasteiger partial charge < -0.3 is 10.4 Å². The summed E-state index contributed by atoms with van der Waals surface area (Å²) in [6, 6.07) is 9.00. The fourth-order valence-corrected chi connectivity index (χ4v) is 2.48. The minimum atomic E-state index is -0.162. The highest BCUT2D eigenvalue weighted by atomic mass is 16.3. The molecule has 0 bridgehead atoms. The van der Waals surface area contributed by atoms with Crippen LogP contribution in [0.2, 0.25) is 0 Å². The highest BCUT2D eigenvalue weighted by Gasteiger charge is 2.28. The van der Waals surface area contributed by atoms with E-state index in [1.54, 1.807) is 24.3 Å². The highest BCUT2D eigenvalue weighted by molar-refractivity contribution is 5.93. The van der Waals surface area contributed by atoms with Gasteiger partial charge in [0.15, 0.2) is 0 Å². The molecule has 0 saturated heterocycles. The Balaban J connectivity index is 1.81. The van der Waals surface area contributed by atoms with Crippen molar-refractivity contribution in [2.24, 2.45) is 5.92 Å². The molecule has 0 heterocycles. The van der Waals surface area contributed by atoms with Gasteiger partial charge in [-0.2, -0.15) is 5.26 Å². The topological polar surface area (TPSA) is 76.4 Å². The summed E-state index contributed by atoms with van der Waals surface area (Å²) in [4.78, 5) is 13.9. The van der Waals surface area contributed by atoms with Gasteiger partial charge in [-0.05, 0) is 37.9 Å². The zero-order valence-electron chi connectivity index (χ0n) is 11.5. The summed E-state index contributed by atoms with van der Waals surface area (Å²) in [7, 11) is 1.89. The van der Waals surface area contributed by atoms with Crippen molar-refractivity contribution in [3.05, 3.63) is 29.8 Å². The van der Waals surface area contributed by atoms with Gasteiger partial charge in [-0.25, -0.2) is 0 Å². The minimum absolute atomic E-state index is 0.130. The SMILES string of the molecule is CN(CC(=O)Nc1ccccc1C#N)CC1CC(O)C1. The van der Waals surface area contributed by atoms with Crippen LogP contribution >= 0.6 is 0 Å². The number of likely N-dealkylation sites (N-methyl/N-ethyl adjacent to an activating group) is 1. The first kappa shape index (κ1) is 14.5. The number of nitrogens with zero attached hydrogens (tertiary/aromatic N) is 2. The molecule has 5 nitrogen and oxygen atoms in total. The standard InChI is InChI=1S/C15H19N3O2/c1-18(9-11-6-13(19)7-11)10-15(20)17-14-5-3-2-4-12(14)8-16/h2-5,11,13,19H,6-7,9-10H2,1H3,(H,17,20). The number of nitriles is 1. The van der Waals surface area contributed by atoms with Gasteiger partial charge in [0.2, 0.25) is 5.91 Å². The number of aliphatic hydroxyl groups is 1. The zero-order valence-corrected chi connectivity index (χ0v) is 11.5. The zero-order chi connectivity index (χ0) is 14.5. The van der Waals surface area contributed by atoms with E-state index in [1.807, 2.05) is 11.9 Å². The normalized spacial score (nSPS) is 21.1. The largest absolute Gasteiger partial charge is 0.393 e. The van der Waals surface area contributed by atoms with E-state index in [0.717, 1.165) is 19.4 Å². The third-order valence-corrected chi connectivity index (χ3v) is 3.52. The summed E-state index contributed by atoms with van der Waals surface area (Å²) in [6.45, 7) is 1.09. The van der Waals surface area contributed by atoms with Crippen molar-refractivity contribution in [1.82, 2.24) is 4.90 Å². The number of aliphatic hydroxyl groups excluding tert-OH is 1. The monoisotopic (exact) mass is 273 g/mol. The first-order valence-corrected chi connectivity index (χ1v) is 6.74. The van der Waals surface area contributed by atoms with Gasteiger partial charge in [-0.3, -0.25) is 9.69 Å². The molecule has 0 aliphatic heterocycles. The maximum Gasteiger partial charge on any atom is 0.238 e. The number of anilines is 1. The van der Waals surface area contributed by atoms with E-state index in [4.69, 9.17) is 5.26 Å². The molecule has 0 spiro atoms. The molecule has 1 aliphatic carbocycles. The molecule has 1 aliphatic rings. The van der Waals surface area contributed by atoms with Crippen LogP contribution in [0.5, 0.6) is 0 Å². The van der Waals surface area contributed by atoms with Crippen molar-refractivity contribution in [3.63, 3.8) is 0 Å². The molecule has 106 valence electrons. The molecule has 20 heavy (non-hydrogen) atoms. The average Bonchev–Trinajstić information content (AvgIpc) is 2.37. The minimum Gasteiger partial charge on any atom is -0.393 e. The predicted octanol–water partition coefficient (Wildman–Crippen LogP) is 1.20. The number of nitrogens with one attached hydrogen (secondary N) is 1. The Morgan fingerprint density at radius 2 is 2.20 bits per heavy atom. The Kier molecular flexibility index (Phi) is 4.72. The Morgan fingerprint density at radius 3 is 2.85 bits per heavy atom. The van der Waals surface area contributed by atoms with Gasteiger partial charge in [0.25, 0.3) is 0 Å². The number of para-hydroxylation sites is 1. The number of rotatable bonds is 5. The first-order valence-electron chi connectivity index (χ1n) is 6.74. The molecule has 2 N–H and O–H groups in total. The Bertz CT molecular complexity index is 518. The van der Waals surface area contributed by atoms with E-state index >= 15 is 0 Å². The lowest BCUT2D eigenvalue weighted by molar-refractivity contribution is -0.117. The Hall–Kier alpha value is -1.90. The second-order valence-corrected chi connectivity index (χ2v) is 5.39. The van der Waals surface area contributed by atoms with Gasteiger partial charge in [0.05, 0.1) is 23.9 Å². The number of amides is 1. The summed E-state index contributed by atoms with van der Waals surface area (Å²) < 4.78 is 0. The van der Waals surface area contributed by atoms with Crippen molar-refractivity contribution in [2.75, 3.05) is 25.5 Å². The number of benzene rings is 1. The van der Waals surface area contributed by atoms with Gasteiger partial charge in [0, 0.05) is 6.54 Å². The number of hydrogen-bond donors (Lipinski definition) is 2. The van der Waals surface area contributed by atoms with E-state index < -0.39 is 0 Å². The van der Waals surface area contributed by atoms with Crippen molar-refractivity contribution in [2.45, 2.75) is 18.9 Å². The van der Waals surface area contributed by atoms with Crippen molar-refractivity contribution < 1.29 is 9.90 Å². The number of carbonyl (C=O) groups is 1. The van der Waals surface area contributed by atoms with Gasteiger partial charge in [0.1, 0.15) is 6.07 Å². The average molecular weight is 273 g/mol. The molecule has 1 fully saturated rings. The number of hydrogen-bond acceptors (Lipinski definition) is 4. The molecule has 1 aromatic carbocycles. The quantitative estimate of drug-likeness (QED) is 0.845. The first-order chi connectivity index (χ1) is 9.58.